The fourth-order valence-corrected chi connectivity index (χ4v) is 3.10. The van der Waals surface area contributed by atoms with Gasteiger partial charge in [0.15, 0.2) is 11.6 Å². The normalized spacial score (nSPS) is 11.2. The minimum atomic E-state index is -0.618. The lowest BCUT2D eigenvalue weighted by atomic mass is 10.1. The Hall–Kier alpha value is -1.84. The van der Waals surface area contributed by atoms with Gasteiger partial charge < -0.3 is 9.15 Å². The van der Waals surface area contributed by atoms with Gasteiger partial charge in [-0.25, -0.2) is 9.18 Å². The minimum Gasteiger partial charge on any atom is -0.490 e. The van der Waals surface area contributed by atoms with Crippen LogP contribution in [0.15, 0.2) is 27.4 Å². The zero-order chi connectivity index (χ0) is 18.8. The molecule has 26 heavy (non-hydrogen) atoms. The summed E-state index contributed by atoms with van der Waals surface area (Å²) in [7, 11) is 0. The van der Waals surface area contributed by atoms with Crippen molar-refractivity contribution in [2.75, 3.05) is 6.61 Å². The molecule has 0 unspecified atom stereocenters. The average Bonchev–Trinajstić information content (AvgIpc) is 2.63. The predicted molar refractivity (Wildman–Crippen MR) is 105 cm³/mol. The fourth-order valence-electron chi connectivity index (χ4n) is 3.10. The van der Waals surface area contributed by atoms with Gasteiger partial charge in [-0.3, -0.25) is 0 Å². The Bertz CT molecular complexity index is 736. The summed E-state index contributed by atoms with van der Waals surface area (Å²) in [5, 5.41) is 0.565. The number of hydrogen-bond acceptors (Lipinski definition) is 3. The summed E-state index contributed by atoms with van der Waals surface area (Å²) in [4.78, 5) is 12.2. The second-order valence-corrected chi connectivity index (χ2v) is 6.92. The van der Waals surface area contributed by atoms with E-state index in [2.05, 4.69) is 13.8 Å². The maximum atomic E-state index is 14.6. The van der Waals surface area contributed by atoms with E-state index < -0.39 is 11.4 Å². The molecule has 2 aromatic rings. The van der Waals surface area contributed by atoms with E-state index in [4.69, 9.17) is 9.15 Å². The molecule has 0 aliphatic carbocycles. The Morgan fingerprint density at radius 1 is 0.962 bits per heavy atom. The molecule has 0 saturated carbocycles. The minimum absolute atomic E-state index is 0.0117. The third-order valence-electron chi connectivity index (χ3n) is 4.67. The molecule has 0 N–H and O–H groups in total. The zero-order valence-electron chi connectivity index (χ0n) is 16.1. The second kappa shape index (κ2) is 11.0. The maximum Gasteiger partial charge on any atom is 0.346 e. The first-order valence-electron chi connectivity index (χ1n) is 10.0. The summed E-state index contributed by atoms with van der Waals surface area (Å²) in [6.45, 7) is 4.75. The van der Waals surface area contributed by atoms with Gasteiger partial charge in [0, 0.05) is 6.42 Å². The molecule has 0 aliphatic rings. The van der Waals surface area contributed by atoms with Crippen molar-refractivity contribution in [3.63, 3.8) is 0 Å². The number of fused-ring (bicyclic) bond motifs is 1. The molecule has 0 aliphatic heterocycles. The number of benzene rings is 1. The Morgan fingerprint density at radius 2 is 1.65 bits per heavy atom. The van der Waals surface area contributed by atoms with Gasteiger partial charge >= 0.3 is 5.63 Å². The van der Waals surface area contributed by atoms with Crippen LogP contribution in [0.2, 0.25) is 0 Å². The van der Waals surface area contributed by atoms with E-state index in [-0.39, 0.29) is 11.1 Å². The van der Waals surface area contributed by atoms with Crippen LogP contribution in [0.25, 0.3) is 10.8 Å². The van der Waals surface area contributed by atoms with Crippen molar-refractivity contribution in [1.29, 1.82) is 0 Å². The largest absolute Gasteiger partial charge is 0.490 e. The highest BCUT2D eigenvalue weighted by molar-refractivity contribution is 5.83. The van der Waals surface area contributed by atoms with E-state index in [1.165, 1.54) is 32.1 Å². The highest BCUT2D eigenvalue weighted by atomic mass is 19.1. The van der Waals surface area contributed by atoms with Gasteiger partial charge in [-0.1, -0.05) is 64.9 Å². The molecule has 0 saturated heterocycles. The summed E-state index contributed by atoms with van der Waals surface area (Å²) < 4.78 is 25.5. The standard InChI is InChI=1S/C22H31FO3/c1-3-5-7-8-9-10-11-15-25-19-14-13-17-16-18(12-6-4-2)26-22(24)20(17)21(19)23/h13-14,16H,3-12,15H2,1-2H3. The van der Waals surface area contributed by atoms with Crippen LogP contribution in [0, 0.1) is 5.82 Å². The van der Waals surface area contributed by atoms with E-state index in [1.54, 1.807) is 18.2 Å². The highest BCUT2D eigenvalue weighted by Gasteiger charge is 2.14. The van der Waals surface area contributed by atoms with Crippen molar-refractivity contribution in [2.24, 2.45) is 0 Å². The number of unbranched alkanes of at least 4 members (excludes halogenated alkanes) is 7. The fraction of sp³-hybridized carbons (Fsp3) is 0.591. The van der Waals surface area contributed by atoms with Gasteiger partial charge in [-0.2, -0.15) is 0 Å². The van der Waals surface area contributed by atoms with E-state index in [0.29, 0.717) is 24.2 Å². The Kier molecular flexibility index (Phi) is 8.66. The molecule has 0 bridgehead atoms. The molecule has 1 heterocycles. The van der Waals surface area contributed by atoms with Crippen molar-refractivity contribution in [1.82, 2.24) is 0 Å². The van der Waals surface area contributed by atoms with Gasteiger partial charge in [0.1, 0.15) is 11.1 Å². The van der Waals surface area contributed by atoms with E-state index >= 15 is 0 Å². The quantitative estimate of drug-likeness (QED) is 0.410. The summed E-state index contributed by atoms with van der Waals surface area (Å²) in [5.41, 5.74) is -0.618. The number of halogens is 1. The number of rotatable bonds is 12. The van der Waals surface area contributed by atoms with Gasteiger partial charge in [-0.15, -0.1) is 0 Å². The molecule has 0 fully saturated rings. The third kappa shape index (κ3) is 5.86. The number of aryl methyl sites for hydroxylation is 1. The molecule has 4 heteroatoms. The summed E-state index contributed by atoms with van der Waals surface area (Å²) >= 11 is 0. The first kappa shape index (κ1) is 20.5. The first-order chi connectivity index (χ1) is 12.7. The van der Waals surface area contributed by atoms with Crippen molar-refractivity contribution < 1.29 is 13.5 Å². The van der Waals surface area contributed by atoms with Gasteiger partial charge in [0.25, 0.3) is 0 Å². The van der Waals surface area contributed by atoms with Gasteiger partial charge in [0.2, 0.25) is 0 Å². The molecule has 0 amide bonds. The molecular formula is C22H31FO3. The lowest BCUT2D eigenvalue weighted by molar-refractivity contribution is 0.291. The lowest BCUT2D eigenvalue weighted by Crippen LogP contribution is -2.07. The van der Waals surface area contributed by atoms with Crippen LogP contribution in [0.5, 0.6) is 5.75 Å². The smallest absolute Gasteiger partial charge is 0.346 e. The molecule has 144 valence electrons. The number of hydrogen-bond donors (Lipinski definition) is 0. The Morgan fingerprint density at radius 3 is 2.38 bits per heavy atom. The average molecular weight is 362 g/mol. The van der Waals surface area contributed by atoms with Crippen LogP contribution in [-0.2, 0) is 6.42 Å². The molecule has 1 aromatic heterocycles. The second-order valence-electron chi connectivity index (χ2n) is 6.92. The van der Waals surface area contributed by atoms with Crippen molar-refractivity contribution in [3.8, 4) is 5.75 Å². The van der Waals surface area contributed by atoms with Gasteiger partial charge in [0.05, 0.1) is 6.61 Å². The SMILES string of the molecule is CCCCCCCCCOc1ccc2cc(CCCC)oc(=O)c2c1F. The van der Waals surface area contributed by atoms with E-state index in [9.17, 15) is 9.18 Å². The highest BCUT2D eigenvalue weighted by Crippen LogP contribution is 2.25. The summed E-state index contributed by atoms with van der Waals surface area (Å²) in [6, 6.07) is 5.11. The molecule has 0 spiro atoms. The summed E-state index contributed by atoms with van der Waals surface area (Å²) in [6.07, 6.45) is 10.9. The topological polar surface area (TPSA) is 39.4 Å². The molecule has 2 rings (SSSR count). The monoisotopic (exact) mass is 362 g/mol. The van der Waals surface area contributed by atoms with Crippen LogP contribution in [0.1, 0.15) is 77.4 Å². The molecule has 1 aromatic carbocycles. The Labute approximate surface area is 155 Å². The van der Waals surface area contributed by atoms with Gasteiger partial charge in [-0.05, 0) is 30.4 Å². The maximum absolute atomic E-state index is 14.6. The van der Waals surface area contributed by atoms with E-state index in [1.807, 2.05) is 0 Å². The lowest BCUT2D eigenvalue weighted by Gasteiger charge is -2.09. The van der Waals surface area contributed by atoms with Crippen LogP contribution >= 0.6 is 0 Å². The predicted octanol–water partition coefficient (Wildman–Crippen LogP) is 6.40. The Balaban J connectivity index is 1.94. The van der Waals surface area contributed by atoms with Crippen molar-refractivity contribution in [3.05, 3.63) is 40.2 Å². The van der Waals surface area contributed by atoms with Crippen molar-refractivity contribution >= 4 is 10.8 Å². The third-order valence-corrected chi connectivity index (χ3v) is 4.67. The van der Waals surface area contributed by atoms with Crippen LogP contribution in [0.4, 0.5) is 4.39 Å². The van der Waals surface area contributed by atoms with Crippen molar-refractivity contribution in [2.45, 2.75) is 78.1 Å². The van der Waals surface area contributed by atoms with Crippen LogP contribution < -0.4 is 10.4 Å². The molecule has 0 radical (unpaired) electrons. The number of ether oxygens (including phenoxy) is 1. The zero-order valence-corrected chi connectivity index (χ0v) is 16.1. The van der Waals surface area contributed by atoms with Crippen LogP contribution in [0.3, 0.4) is 0 Å². The first-order valence-corrected chi connectivity index (χ1v) is 10.0. The van der Waals surface area contributed by atoms with E-state index in [0.717, 1.165) is 25.7 Å². The summed E-state index contributed by atoms with van der Waals surface area (Å²) in [5.74, 6) is 0.138. The molecular weight excluding hydrogens is 331 g/mol. The molecule has 3 nitrogen and oxygen atoms in total. The molecule has 0 atom stereocenters. The van der Waals surface area contributed by atoms with Crippen LogP contribution in [-0.4, -0.2) is 6.61 Å².